The Labute approximate surface area is 183 Å². The molecule has 0 saturated carbocycles. The number of piperidine rings is 1. The zero-order chi connectivity index (χ0) is 23.4. The molecule has 2 aromatic rings. The molecule has 2 aromatic heterocycles. The number of carboxylic acids is 1. The van der Waals surface area contributed by atoms with Crippen LogP contribution in [0.5, 0.6) is 0 Å². The van der Waals surface area contributed by atoms with Crippen LogP contribution in [0.1, 0.15) is 36.9 Å². The fraction of sp³-hybridized carbons (Fsp3) is 0.476. The Morgan fingerprint density at radius 1 is 1.09 bits per heavy atom. The van der Waals surface area contributed by atoms with Crippen LogP contribution in [-0.2, 0) is 16.1 Å². The first kappa shape index (κ1) is 23.4. The summed E-state index contributed by atoms with van der Waals surface area (Å²) in [4.78, 5) is 29.9. The Balaban J connectivity index is 0.000000360. The van der Waals surface area contributed by atoms with Crippen LogP contribution in [0.2, 0.25) is 0 Å². The first-order chi connectivity index (χ1) is 15.1. The zero-order valence-corrected chi connectivity index (χ0v) is 17.5. The van der Waals surface area contributed by atoms with Gasteiger partial charge in [-0.3, -0.25) is 9.78 Å². The van der Waals surface area contributed by atoms with E-state index >= 15 is 0 Å². The van der Waals surface area contributed by atoms with Crippen molar-refractivity contribution in [3.63, 3.8) is 0 Å². The van der Waals surface area contributed by atoms with Crippen molar-refractivity contribution in [1.29, 1.82) is 0 Å². The van der Waals surface area contributed by atoms with Gasteiger partial charge in [0.15, 0.2) is 5.82 Å². The lowest BCUT2D eigenvalue weighted by atomic mass is 9.84. The minimum atomic E-state index is -5.08. The number of hydrogen-bond donors (Lipinski definition) is 1. The van der Waals surface area contributed by atoms with Gasteiger partial charge in [0, 0.05) is 44.0 Å². The van der Waals surface area contributed by atoms with Crippen LogP contribution in [0.4, 0.5) is 19.0 Å². The second kappa shape index (κ2) is 9.49. The first-order valence-electron chi connectivity index (χ1n) is 10.2. The summed E-state index contributed by atoms with van der Waals surface area (Å²) < 4.78 is 31.7. The number of pyridine rings is 1. The highest BCUT2D eigenvalue weighted by atomic mass is 19.4. The molecule has 1 spiro atoms. The summed E-state index contributed by atoms with van der Waals surface area (Å²) >= 11 is 0. The maximum Gasteiger partial charge on any atom is 0.490 e. The molecule has 2 fully saturated rings. The Kier molecular flexibility index (Phi) is 6.95. The predicted molar refractivity (Wildman–Crippen MR) is 109 cm³/mol. The van der Waals surface area contributed by atoms with E-state index in [2.05, 4.69) is 25.0 Å². The van der Waals surface area contributed by atoms with E-state index in [0.717, 1.165) is 49.4 Å². The number of likely N-dealkylation sites (tertiary alicyclic amines) is 1. The van der Waals surface area contributed by atoms with Crippen molar-refractivity contribution in [3.8, 4) is 0 Å². The van der Waals surface area contributed by atoms with Gasteiger partial charge in [0.05, 0.1) is 5.69 Å². The summed E-state index contributed by atoms with van der Waals surface area (Å²) in [6.45, 7) is 4.46. The van der Waals surface area contributed by atoms with Crippen molar-refractivity contribution in [2.24, 2.45) is 0 Å². The lowest BCUT2D eigenvalue weighted by molar-refractivity contribution is -0.192. The number of amides is 1. The van der Waals surface area contributed by atoms with Crippen LogP contribution in [0.15, 0.2) is 36.7 Å². The van der Waals surface area contributed by atoms with Crippen LogP contribution in [0.25, 0.3) is 0 Å². The molecule has 0 radical (unpaired) electrons. The third kappa shape index (κ3) is 5.51. The summed E-state index contributed by atoms with van der Waals surface area (Å²) in [6, 6.07) is 8.03. The standard InChI is InChI=1S/C19H23N5O.C2HF3O2/c1-15-2-3-17(22-21-15)23-12-8-19(9-13-23)7-4-18(25)24(19)14-16-5-10-20-11-6-16;3-2(4,5)1(6)7/h2-3,5-6,10-11H,4,7-9,12-14H2,1H3;(H,6,7). The van der Waals surface area contributed by atoms with Crippen molar-refractivity contribution in [2.45, 2.75) is 50.9 Å². The molecular formula is C21H24F3N5O3. The van der Waals surface area contributed by atoms with Crippen molar-refractivity contribution >= 4 is 17.7 Å². The van der Waals surface area contributed by atoms with Crippen LogP contribution in [0.3, 0.4) is 0 Å². The van der Waals surface area contributed by atoms with Crippen molar-refractivity contribution in [2.75, 3.05) is 18.0 Å². The second-order valence-electron chi connectivity index (χ2n) is 7.88. The lowest BCUT2D eigenvalue weighted by Crippen LogP contribution is -2.53. The Bertz CT molecular complexity index is 930. The Morgan fingerprint density at radius 3 is 2.25 bits per heavy atom. The molecule has 11 heteroatoms. The molecule has 0 aliphatic carbocycles. The predicted octanol–water partition coefficient (Wildman–Crippen LogP) is 2.97. The third-order valence-corrected chi connectivity index (χ3v) is 5.81. The smallest absolute Gasteiger partial charge is 0.475 e. The summed E-state index contributed by atoms with van der Waals surface area (Å²) in [6.07, 6.45) is 2.10. The summed E-state index contributed by atoms with van der Waals surface area (Å²) in [5.41, 5.74) is 2.08. The maximum absolute atomic E-state index is 12.5. The van der Waals surface area contributed by atoms with Gasteiger partial charge in [0.2, 0.25) is 5.91 Å². The number of carbonyl (C=O) groups excluding carboxylic acids is 1. The van der Waals surface area contributed by atoms with Gasteiger partial charge >= 0.3 is 12.1 Å². The quantitative estimate of drug-likeness (QED) is 0.766. The zero-order valence-electron chi connectivity index (χ0n) is 17.5. The van der Waals surface area contributed by atoms with E-state index in [9.17, 15) is 18.0 Å². The molecule has 2 aliphatic rings. The molecule has 4 heterocycles. The molecule has 4 rings (SSSR count). The van der Waals surface area contributed by atoms with E-state index in [0.29, 0.717) is 13.0 Å². The van der Waals surface area contributed by atoms with Gasteiger partial charge in [-0.2, -0.15) is 18.3 Å². The van der Waals surface area contributed by atoms with Crippen molar-refractivity contribution < 1.29 is 27.9 Å². The number of anilines is 1. The average molecular weight is 451 g/mol. The fourth-order valence-electron chi connectivity index (χ4n) is 4.03. The number of hydrogen-bond acceptors (Lipinski definition) is 6. The van der Waals surface area contributed by atoms with E-state index in [1.165, 1.54) is 0 Å². The maximum atomic E-state index is 12.5. The number of carboxylic acid groups (broad SMARTS) is 1. The number of halogens is 3. The molecular weight excluding hydrogens is 427 g/mol. The SMILES string of the molecule is Cc1ccc(N2CCC3(CCC(=O)N3Cc3ccncc3)CC2)nn1.O=C(O)C(F)(F)F. The van der Waals surface area contributed by atoms with Gasteiger partial charge in [-0.05, 0) is 56.0 Å². The number of alkyl halides is 3. The van der Waals surface area contributed by atoms with Crippen molar-refractivity contribution in [1.82, 2.24) is 20.1 Å². The van der Waals surface area contributed by atoms with Gasteiger partial charge < -0.3 is 14.9 Å². The molecule has 0 aromatic carbocycles. The molecule has 0 atom stereocenters. The molecule has 0 unspecified atom stereocenters. The minimum absolute atomic E-state index is 0.00498. The van der Waals surface area contributed by atoms with Gasteiger partial charge in [0.1, 0.15) is 0 Å². The molecule has 8 nitrogen and oxygen atoms in total. The highest BCUT2D eigenvalue weighted by Crippen LogP contribution is 2.40. The van der Waals surface area contributed by atoms with Crippen LogP contribution < -0.4 is 4.90 Å². The van der Waals surface area contributed by atoms with Gasteiger partial charge in [0.25, 0.3) is 0 Å². The molecule has 2 aliphatic heterocycles. The minimum Gasteiger partial charge on any atom is -0.475 e. The van der Waals surface area contributed by atoms with Gasteiger partial charge in [-0.1, -0.05) is 0 Å². The van der Waals surface area contributed by atoms with Crippen LogP contribution in [0, 0.1) is 6.92 Å². The van der Waals surface area contributed by atoms with Gasteiger partial charge in [-0.25, -0.2) is 4.79 Å². The Morgan fingerprint density at radius 2 is 1.72 bits per heavy atom. The number of carbonyl (C=O) groups is 2. The normalized spacial score (nSPS) is 17.8. The van der Waals surface area contributed by atoms with E-state index in [1.54, 1.807) is 12.4 Å². The number of aromatic nitrogens is 3. The van der Waals surface area contributed by atoms with Crippen LogP contribution in [-0.4, -0.2) is 61.9 Å². The summed E-state index contributed by atoms with van der Waals surface area (Å²) in [5.74, 6) is -1.54. The van der Waals surface area contributed by atoms with E-state index < -0.39 is 12.1 Å². The lowest BCUT2D eigenvalue weighted by Gasteiger charge is -2.45. The largest absolute Gasteiger partial charge is 0.490 e. The van der Waals surface area contributed by atoms with Gasteiger partial charge in [-0.15, -0.1) is 5.10 Å². The highest BCUT2D eigenvalue weighted by molar-refractivity contribution is 5.79. The topological polar surface area (TPSA) is 99.5 Å². The number of nitrogens with zero attached hydrogens (tertiary/aromatic N) is 5. The van der Waals surface area contributed by atoms with Crippen LogP contribution >= 0.6 is 0 Å². The van der Waals surface area contributed by atoms with E-state index in [1.807, 2.05) is 31.2 Å². The Hall–Kier alpha value is -3.24. The molecule has 1 N–H and O–H groups in total. The first-order valence-corrected chi connectivity index (χ1v) is 10.2. The molecule has 32 heavy (non-hydrogen) atoms. The fourth-order valence-corrected chi connectivity index (χ4v) is 4.03. The summed E-state index contributed by atoms with van der Waals surface area (Å²) in [5, 5.41) is 15.6. The second-order valence-corrected chi connectivity index (χ2v) is 7.88. The average Bonchev–Trinajstić information content (AvgIpc) is 3.05. The molecule has 172 valence electrons. The van der Waals surface area contributed by atoms with E-state index in [-0.39, 0.29) is 11.4 Å². The number of aryl methyl sites for hydroxylation is 1. The monoisotopic (exact) mass is 451 g/mol. The van der Waals surface area contributed by atoms with Crippen molar-refractivity contribution in [3.05, 3.63) is 47.9 Å². The molecule has 0 bridgehead atoms. The van der Waals surface area contributed by atoms with E-state index in [4.69, 9.17) is 9.90 Å². The highest BCUT2D eigenvalue weighted by Gasteiger charge is 2.46. The third-order valence-electron chi connectivity index (χ3n) is 5.81. The summed E-state index contributed by atoms with van der Waals surface area (Å²) in [7, 11) is 0. The number of rotatable bonds is 3. The number of aliphatic carboxylic acids is 1. The molecule has 2 saturated heterocycles. The molecule has 1 amide bonds.